The van der Waals surface area contributed by atoms with Crippen molar-refractivity contribution in [2.24, 2.45) is 11.8 Å². The van der Waals surface area contributed by atoms with Gasteiger partial charge in [0, 0.05) is 36.2 Å². The number of nitrogens with one attached hydrogen (secondary N) is 4. The minimum atomic E-state index is -0.620. The van der Waals surface area contributed by atoms with Crippen LogP contribution in [-0.2, 0) is 11.3 Å². The number of carbonyl (C=O) groups is 2. The van der Waals surface area contributed by atoms with E-state index in [9.17, 15) is 9.59 Å². The third kappa shape index (κ3) is 5.72. The van der Waals surface area contributed by atoms with Crippen LogP contribution in [-0.4, -0.2) is 50.9 Å². The van der Waals surface area contributed by atoms with Crippen molar-refractivity contribution in [3.8, 4) is 11.1 Å². The molecule has 0 unspecified atom stereocenters. The van der Waals surface area contributed by atoms with Gasteiger partial charge in [0.15, 0.2) is 0 Å². The molecule has 3 heterocycles. The second-order valence-electron chi connectivity index (χ2n) is 10.7. The number of aromatic amines is 1. The molecule has 2 amide bonds. The maximum absolute atomic E-state index is 13.6. The van der Waals surface area contributed by atoms with Crippen LogP contribution in [0.3, 0.4) is 0 Å². The normalized spacial score (nSPS) is 19.9. The summed E-state index contributed by atoms with van der Waals surface area (Å²) in [6.45, 7) is 8.52. The van der Waals surface area contributed by atoms with Crippen LogP contribution < -0.4 is 16.0 Å². The first-order valence-corrected chi connectivity index (χ1v) is 13.5. The highest BCUT2D eigenvalue weighted by atomic mass is 16.2. The Morgan fingerprint density at radius 2 is 1.84 bits per heavy atom. The minimum absolute atomic E-state index is 0.0881. The molecule has 4 N–H and O–H groups in total. The number of aromatic nitrogens is 4. The highest BCUT2D eigenvalue weighted by molar-refractivity contribution is 6.00. The van der Waals surface area contributed by atoms with Crippen molar-refractivity contribution >= 4 is 17.5 Å². The zero-order chi connectivity index (χ0) is 26.6. The molecule has 2 aliphatic rings. The van der Waals surface area contributed by atoms with Crippen LogP contribution in [0.15, 0.2) is 48.2 Å². The number of hydrogen-bond donors (Lipinski definition) is 4. The molecule has 3 aromatic rings. The number of hydrogen-bond acceptors (Lipinski definition) is 5. The summed E-state index contributed by atoms with van der Waals surface area (Å²) in [5.74, 6) is 0.274. The number of anilines is 1. The Labute approximate surface area is 223 Å². The molecule has 1 aliphatic carbocycles. The number of rotatable bonds is 8. The molecule has 9 heteroatoms. The molecule has 1 aliphatic heterocycles. The number of nitrogens with zero attached hydrogens (tertiary/aromatic N) is 3. The van der Waals surface area contributed by atoms with Gasteiger partial charge in [-0.25, -0.2) is 0 Å². The second kappa shape index (κ2) is 11.3. The number of aryl methyl sites for hydroxylation is 2. The van der Waals surface area contributed by atoms with Gasteiger partial charge in [0.1, 0.15) is 11.7 Å². The number of H-pyrrole nitrogens is 1. The molecule has 1 saturated heterocycles. The molecule has 200 valence electrons. The maximum atomic E-state index is 13.6. The second-order valence-corrected chi connectivity index (χ2v) is 10.7. The molecule has 2 fully saturated rings. The van der Waals surface area contributed by atoms with E-state index in [0.717, 1.165) is 61.3 Å². The van der Waals surface area contributed by atoms with Crippen molar-refractivity contribution < 1.29 is 9.59 Å². The third-order valence-corrected chi connectivity index (χ3v) is 7.88. The number of allylic oxidation sites excluding steroid dienone is 1. The van der Waals surface area contributed by atoms with Gasteiger partial charge in [0.05, 0.1) is 12.2 Å². The minimum Gasteiger partial charge on any atom is -0.339 e. The van der Waals surface area contributed by atoms with E-state index >= 15 is 0 Å². The average molecular weight is 516 g/mol. The van der Waals surface area contributed by atoms with Crippen LogP contribution in [0.25, 0.3) is 11.1 Å². The molecule has 9 nitrogen and oxygen atoms in total. The van der Waals surface area contributed by atoms with E-state index < -0.39 is 6.04 Å². The van der Waals surface area contributed by atoms with Gasteiger partial charge < -0.3 is 16.0 Å². The van der Waals surface area contributed by atoms with E-state index in [1.807, 2.05) is 38.1 Å². The summed E-state index contributed by atoms with van der Waals surface area (Å²) in [4.78, 5) is 27.0. The van der Waals surface area contributed by atoms with E-state index in [2.05, 4.69) is 44.2 Å². The topological polar surface area (TPSA) is 117 Å². The summed E-state index contributed by atoms with van der Waals surface area (Å²) in [5.41, 5.74) is 6.54. The Hall–Kier alpha value is -3.72. The highest BCUT2D eigenvalue weighted by Crippen LogP contribution is 2.31. The fraction of sp³-hybridized carbons (Fsp3) is 0.448. The van der Waals surface area contributed by atoms with E-state index in [1.54, 1.807) is 16.9 Å². The average Bonchev–Trinajstić information content (AvgIpc) is 3.48. The Kier molecular flexibility index (Phi) is 7.74. The van der Waals surface area contributed by atoms with Crippen LogP contribution in [0, 0.1) is 25.7 Å². The monoisotopic (exact) mass is 515 g/mol. The zero-order valence-electron chi connectivity index (χ0n) is 22.4. The van der Waals surface area contributed by atoms with E-state index in [4.69, 9.17) is 0 Å². The van der Waals surface area contributed by atoms with Gasteiger partial charge in [-0.15, -0.1) is 0 Å². The largest absolute Gasteiger partial charge is 0.339 e. The molecular weight excluding hydrogens is 478 g/mol. The number of amides is 2. The maximum Gasteiger partial charge on any atom is 0.270 e. The van der Waals surface area contributed by atoms with Gasteiger partial charge >= 0.3 is 0 Å². The summed E-state index contributed by atoms with van der Waals surface area (Å²) in [7, 11) is 0. The predicted octanol–water partition coefficient (Wildman–Crippen LogP) is 3.98. The van der Waals surface area contributed by atoms with Gasteiger partial charge in [0.2, 0.25) is 5.91 Å². The van der Waals surface area contributed by atoms with Gasteiger partial charge in [-0.05, 0) is 67.9 Å². The zero-order valence-corrected chi connectivity index (χ0v) is 22.4. The van der Waals surface area contributed by atoms with E-state index in [-0.39, 0.29) is 17.7 Å². The number of benzene rings is 1. The Bertz CT molecular complexity index is 1290. The van der Waals surface area contributed by atoms with Crippen molar-refractivity contribution in [1.29, 1.82) is 0 Å². The van der Waals surface area contributed by atoms with Gasteiger partial charge in [0.25, 0.3) is 5.91 Å². The summed E-state index contributed by atoms with van der Waals surface area (Å²) >= 11 is 0. The molecule has 0 spiro atoms. The van der Waals surface area contributed by atoms with Crippen LogP contribution in [0.4, 0.5) is 5.69 Å². The lowest BCUT2D eigenvalue weighted by Gasteiger charge is -2.32. The summed E-state index contributed by atoms with van der Waals surface area (Å²) < 4.78 is 1.69. The first kappa shape index (κ1) is 25.9. The summed E-state index contributed by atoms with van der Waals surface area (Å²) in [6.07, 6.45) is 7.67. The smallest absolute Gasteiger partial charge is 0.270 e. The fourth-order valence-electron chi connectivity index (χ4n) is 5.45. The van der Waals surface area contributed by atoms with E-state index in [0.29, 0.717) is 23.8 Å². The SMILES string of the molecule is Cc1n[nH]c(C)c1-c1ccc(NC(=O)[C@@H](NC(=O)c2ccnn2CC=C2CNC2)C2CCC(C)CC2)cc1. The highest BCUT2D eigenvalue weighted by Gasteiger charge is 2.33. The van der Waals surface area contributed by atoms with Crippen molar-refractivity contribution in [1.82, 2.24) is 30.6 Å². The van der Waals surface area contributed by atoms with Crippen molar-refractivity contribution in [3.63, 3.8) is 0 Å². The van der Waals surface area contributed by atoms with Crippen molar-refractivity contribution in [3.05, 3.63) is 65.3 Å². The lowest BCUT2D eigenvalue weighted by molar-refractivity contribution is -0.119. The summed E-state index contributed by atoms with van der Waals surface area (Å²) in [6, 6.07) is 8.87. The van der Waals surface area contributed by atoms with Gasteiger partial charge in [-0.2, -0.15) is 10.2 Å². The van der Waals surface area contributed by atoms with Crippen LogP contribution in [0.1, 0.15) is 54.5 Å². The molecule has 0 bridgehead atoms. The first-order valence-electron chi connectivity index (χ1n) is 13.5. The molecule has 0 radical (unpaired) electrons. The van der Waals surface area contributed by atoms with Gasteiger partial charge in [-0.1, -0.05) is 38.0 Å². The Balaban J connectivity index is 1.31. The lowest BCUT2D eigenvalue weighted by Crippen LogP contribution is -2.49. The Morgan fingerprint density at radius 1 is 1.11 bits per heavy atom. The number of carbonyl (C=O) groups excluding carboxylic acids is 2. The summed E-state index contributed by atoms with van der Waals surface area (Å²) in [5, 5.41) is 21.0. The molecule has 5 rings (SSSR count). The quantitative estimate of drug-likeness (QED) is 0.339. The van der Waals surface area contributed by atoms with Crippen LogP contribution in [0.2, 0.25) is 0 Å². The molecule has 38 heavy (non-hydrogen) atoms. The van der Waals surface area contributed by atoms with Crippen molar-refractivity contribution in [2.75, 3.05) is 18.4 Å². The lowest BCUT2D eigenvalue weighted by atomic mass is 9.79. The van der Waals surface area contributed by atoms with Crippen molar-refractivity contribution in [2.45, 2.75) is 59.0 Å². The molecule has 1 atom stereocenters. The Morgan fingerprint density at radius 3 is 2.47 bits per heavy atom. The van der Waals surface area contributed by atoms with Gasteiger partial charge in [-0.3, -0.25) is 19.4 Å². The predicted molar refractivity (Wildman–Crippen MR) is 148 cm³/mol. The van der Waals surface area contributed by atoms with Crippen LogP contribution in [0.5, 0.6) is 0 Å². The fourth-order valence-corrected chi connectivity index (χ4v) is 5.45. The molecule has 1 saturated carbocycles. The molecule has 2 aromatic heterocycles. The molecule has 1 aromatic carbocycles. The molecular formula is C29H37N7O2. The third-order valence-electron chi connectivity index (χ3n) is 7.88. The first-order chi connectivity index (χ1) is 18.4. The van der Waals surface area contributed by atoms with E-state index in [1.165, 1.54) is 5.57 Å². The standard InChI is InChI=1S/C29H37N7O2/c1-18-4-6-23(7-5-18)27(33-28(37)25-12-14-31-36(25)15-13-21-16-30-17-21)29(38)32-24-10-8-22(9-11-24)26-19(2)34-35-20(26)3/h8-14,18,23,27,30H,4-7,15-17H2,1-3H3,(H,32,38)(H,33,37)(H,34,35)/t18?,23?,27-/m0/s1. The van der Waals surface area contributed by atoms with Crippen LogP contribution >= 0.6 is 0 Å².